The van der Waals surface area contributed by atoms with Crippen LogP contribution in [0.1, 0.15) is 42.7 Å². The second kappa shape index (κ2) is 5.31. The Kier molecular flexibility index (Phi) is 3.45. The van der Waals surface area contributed by atoms with E-state index in [9.17, 15) is 4.79 Å². The molecule has 2 nitrogen and oxygen atoms in total. The van der Waals surface area contributed by atoms with E-state index in [0.717, 1.165) is 25.8 Å². The molecule has 1 saturated heterocycles. The topological polar surface area (TPSA) is 20.3 Å². The van der Waals surface area contributed by atoms with Crippen LogP contribution in [0.2, 0.25) is 0 Å². The maximum atomic E-state index is 13.0. The van der Waals surface area contributed by atoms with Crippen molar-refractivity contribution in [1.82, 2.24) is 4.90 Å². The van der Waals surface area contributed by atoms with Crippen molar-refractivity contribution >= 4 is 17.5 Å². The molecule has 112 valence electrons. The SMILES string of the molecule is O=C(C1C2CCc3ccccc3C21)N1CCCCC1CCl. The summed E-state index contributed by atoms with van der Waals surface area (Å²) in [4.78, 5) is 15.1. The van der Waals surface area contributed by atoms with Crippen LogP contribution in [0.5, 0.6) is 0 Å². The largest absolute Gasteiger partial charge is 0.338 e. The third-order valence-electron chi connectivity index (χ3n) is 5.70. The molecule has 2 aliphatic carbocycles. The molecule has 0 N–H and O–H groups in total. The van der Waals surface area contributed by atoms with Crippen molar-refractivity contribution in [1.29, 1.82) is 0 Å². The third kappa shape index (κ3) is 2.19. The number of likely N-dealkylation sites (tertiary alicyclic amines) is 1. The van der Waals surface area contributed by atoms with Gasteiger partial charge in [0.15, 0.2) is 0 Å². The maximum Gasteiger partial charge on any atom is 0.226 e. The summed E-state index contributed by atoms with van der Waals surface area (Å²) >= 11 is 6.08. The van der Waals surface area contributed by atoms with Crippen LogP contribution in [0.25, 0.3) is 0 Å². The van der Waals surface area contributed by atoms with Gasteiger partial charge in [0.2, 0.25) is 5.91 Å². The van der Waals surface area contributed by atoms with E-state index in [-0.39, 0.29) is 12.0 Å². The Bertz CT molecular complexity index is 558. The lowest BCUT2D eigenvalue weighted by Gasteiger charge is -2.35. The number of alkyl halides is 1. The Labute approximate surface area is 131 Å². The van der Waals surface area contributed by atoms with Crippen molar-refractivity contribution in [2.24, 2.45) is 11.8 Å². The number of rotatable bonds is 2. The van der Waals surface area contributed by atoms with Crippen molar-refractivity contribution in [2.45, 2.75) is 44.1 Å². The molecule has 1 aromatic rings. The number of benzene rings is 1. The van der Waals surface area contributed by atoms with Gasteiger partial charge in [-0.3, -0.25) is 4.79 Å². The number of aryl methyl sites for hydroxylation is 1. The summed E-state index contributed by atoms with van der Waals surface area (Å²) in [5.41, 5.74) is 2.90. The van der Waals surface area contributed by atoms with Crippen LogP contribution in [-0.4, -0.2) is 29.3 Å². The summed E-state index contributed by atoms with van der Waals surface area (Å²) in [5, 5.41) is 0. The van der Waals surface area contributed by atoms with E-state index in [1.54, 1.807) is 0 Å². The van der Waals surface area contributed by atoms with Crippen LogP contribution in [-0.2, 0) is 11.2 Å². The van der Waals surface area contributed by atoms with Gasteiger partial charge < -0.3 is 4.90 Å². The van der Waals surface area contributed by atoms with Crippen LogP contribution >= 0.6 is 11.6 Å². The predicted octanol–water partition coefficient (Wildman–Crippen LogP) is 3.58. The van der Waals surface area contributed by atoms with Crippen molar-refractivity contribution in [3.8, 4) is 0 Å². The van der Waals surface area contributed by atoms with Gasteiger partial charge in [-0.1, -0.05) is 24.3 Å². The highest BCUT2D eigenvalue weighted by Crippen LogP contribution is 2.60. The first kappa shape index (κ1) is 13.6. The summed E-state index contributed by atoms with van der Waals surface area (Å²) in [6, 6.07) is 8.96. The van der Waals surface area contributed by atoms with Gasteiger partial charge in [-0.05, 0) is 55.1 Å². The lowest BCUT2D eigenvalue weighted by molar-refractivity contribution is -0.136. The molecule has 2 fully saturated rings. The first-order chi connectivity index (χ1) is 10.3. The highest BCUT2D eigenvalue weighted by atomic mass is 35.5. The van der Waals surface area contributed by atoms with Crippen molar-refractivity contribution in [3.63, 3.8) is 0 Å². The van der Waals surface area contributed by atoms with Crippen LogP contribution in [0, 0.1) is 11.8 Å². The van der Waals surface area contributed by atoms with E-state index in [4.69, 9.17) is 11.6 Å². The lowest BCUT2D eigenvalue weighted by atomic mass is 9.92. The minimum absolute atomic E-state index is 0.234. The maximum absolute atomic E-state index is 13.0. The highest BCUT2D eigenvalue weighted by molar-refractivity contribution is 6.18. The number of hydrogen-bond donors (Lipinski definition) is 0. The number of piperidine rings is 1. The van der Waals surface area contributed by atoms with E-state index in [1.165, 1.54) is 24.0 Å². The molecule has 0 spiro atoms. The number of amides is 1. The van der Waals surface area contributed by atoms with Gasteiger partial charge >= 0.3 is 0 Å². The zero-order valence-corrected chi connectivity index (χ0v) is 13.1. The summed E-state index contributed by atoms with van der Waals surface area (Å²) in [6.45, 7) is 0.911. The van der Waals surface area contributed by atoms with Gasteiger partial charge in [0.25, 0.3) is 0 Å². The number of hydrogen-bond acceptors (Lipinski definition) is 1. The third-order valence-corrected chi connectivity index (χ3v) is 6.06. The molecule has 0 radical (unpaired) electrons. The number of carbonyl (C=O) groups excluding carboxylic acids is 1. The van der Waals surface area contributed by atoms with E-state index < -0.39 is 0 Å². The van der Waals surface area contributed by atoms with Crippen LogP contribution < -0.4 is 0 Å². The monoisotopic (exact) mass is 303 g/mol. The number of halogens is 1. The fourth-order valence-electron chi connectivity index (χ4n) is 4.55. The van der Waals surface area contributed by atoms with Gasteiger partial charge in [0.05, 0.1) is 0 Å². The fraction of sp³-hybridized carbons (Fsp3) is 0.611. The second-order valence-corrected chi connectivity index (χ2v) is 7.10. The zero-order chi connectivity index (χ0) is 14.4. The lowest BCUT2D eigenvalue weighted by Crippen LogP contribution is -2.45. The molecule has 3 heteroatoms. The van der Waals surface area contributed by atoms with E-state index in [2.05, 4.69) is 29.2 Å². The quantitative estimate of drug-likeness (QED) is 0.765. The molecule has 4 rings (SSSR count). The fourth-order valence-corrected chi connectivity index (χ4v) is 4.87. The molecule has 0 bridgehead atoms. The van der Waals surface area contributed by atoms with Crippen molar-refractivity contribution < 1.29 is 4.79 Å². The predicted molar refractivity (Wildman–Crippen MR) is 84.6 cm³/mol. The molecule has 1 heterocycles. The van der Waals surface area contributed by atoms with Crippen molar-refractivity contribution in [2.75, 3.05) is 12.4 Å². The normalized spacial score (nSPS) is 34.0. The Morgan fingerprint density at radius 3 is 2.95 bits per heavy atom. The Morgan fingerprint density at radius 1 is 1.24 bits per heavy atom. The standard InChI is InChI=1S/C18H22ClNO/c19-11-13-6-3-4-10-20(13)18(21)17-15-9-8-12-5-1-2-7-14(12)16(15)17/h1-2,5,7,13,15-17H,3-4,6,8-11H2. The first-order valence-corrected chi connectivity index (χ1v) is 8.79. The minimum atomic E-state index is 0.234. The molecule has 3 aliphatic rings. The van der Waals surface area contributed by atoms with E-state index in [0.29, 0.717) is 23.6 Å². The smallest absolute Gasteiger partial charge is 0.226 e. The van der Waals surface area contributed by atoms with E-state index >= 15 is 0 Å². The molecule has 1 amide bonds. The van der Waals surface area contributed by atoms with Gasteiger partial charge in [-0.15, -0.1) is 11.6 Å². The average Bonchev–Trinajstić information content (AvgIpc) is 3.29. The second-order valence-electron chi connectivity index (χ2n) is 6.79. The molecular formula is C18H22ClNO. The van der Waals surface area contributed by atoms with Crippen molar-refractivity contribution in [3.05, 3.63) is 35.4 Å². The van der Waals surface area contributed by atoms with Gasteiger partial charge in [-0.2, -0.15) is 0 Å². The van der Waals surface area contributed by atoms with Gasteiger partial charge in [-0.25, -0.2) is 0 Å². The van der Waals surface area contributed by atoms with Gasteiger partial charge in [0.1, 0.15) is 0 Å². The Morgan fingerprint density at radius 2 is 2.10 bits per heavy atom. The Hall–Kier alpha value is -1.02. The van der Waals surface area contributed by atoms with Crippen LogP contribution in [0.15, 0.2) is 24.3 Å². The molecule has 4 unspecified atom stereocenters. The van der Waals surface area contributed by atoms with E-state index in [1.807, 2.05) is 0 Å². The van der Waals surface area contributed by atoms with Gasteiger partial charge in [0, 0.05) is 24.4 Å². The highest BCUT2D eigenvalue weighted by Gasteiger charge is 2.58. The minimum Gasteiger partial charge on any atom is -0.338 e. The number of nitrogens with zero attached hydrogens (tertiary/aromatic N) is 1. The summed E-state index contributed by atoms with van der Waals surface area (Å²) in [6.07, 6.45) is 5.74. The average molecular weight is 304 g/mol. The number of fused-ring (bicyclic) bond motifs is 3. The summed E-state index contributed by atoms with van der Waals surface area (Å²) in [7, 11) is 0. The molecule has 4 atom stereocenters. The molecule has 1 saturated carbocycles. The molecule has 1 aromatic carbocycles. The first-order valence-electron chi connectivity index (χ1n) is 8.25. The Balaban J connectivity index is 1.55. The molecular weight excluding hydrogens is 282 g/mol. The molecule has 1 aliphatic heterocycles. The molecule has 0 aromatic heterocycles. The van der Waals surface area contributed by atoms with Crippen LogP contribution in [0.3, 0.4) is 0 Å². The summed E-state index contributed by atoms with van der Waals surface area (Å²) in [5.74, 6) is 2.28. The molecule has 21 heavy (non-hydrogen) atoms. The number of carbonyl (C=O) groups is 1. The summed E-state index contributed by atoms with van der Waals surface area (Å²) < 4.78 is 0. The van der Waals surface area contributed by atoms with Crippen LogP contribution in [0.4, 0.5) is 0 Å². The zero-order valence-electron chi connectivity index (χ0n) is 12.3.